The Morgan fingerprint density at radius 1 is 1.14 bits per heavy atom. The summed E-state index contributed by atoms with van der Waals surface area (Å²) < 4.78 is 37.8. The maximum atomic E-state index is 16.7. The van der Waals surface area contributed by atoms with Crippen molar-refractivity contribution in [2.75, 3.05) is 43.0 Å². The first-order valence-corrected chi connectivity index (χ1v) is 14.8. The summed E-state index contributed by atoms with van der Waals surface area (Å²) in [7, 11) is 2.07. The third-order valence-electron chi connectivity index (χ3n) is 9.33. The predicted octanol–water partition coefficient (Wildman–Crippen LogP) is 4.75. The first-order valence-electron chi connectivity index (χ1n) is 14.4. The van der Waals surface area contributed by atoms with E-state index in [1.165, 1.54) is 6.07 Å². The van der Waals surface area contributed by atoms with Crippen molar-refractivity contribution >= 4 is 50.6 Å². The number of benzene rings is 2. The number of pyridine rings is 2. The molecule has 2 aromatic heterocycles. The number of anilines is 2. The number of hydrogen-bond donors (Lipinski definition) is 1. The van der Waals surface area contributed by atoms with Crippen LogP contribution in [0.25, 0.3) is 32.9 Å². The Kier molecular flexibility index (Phi) is 5.87. The molecular weight excluding hydrogens is 562 g/mol. The van der Waals surface area contributed by atoms with Crippen LogP contribution in [0.4, 0.5) is 20.2 Å². The van der Waals surface area contributed by atoms with Gasteiger partial charge < -0.3 is 19.9 Å². The zero-order valence-corrected chi connectivity index (χ0v) is 24.0. The highest BCUT2D eigenvalue weighted by molar-refractivity contribution is 6.36. The summed E-state index contributed by atoms with van der Waals surface area (Å²) in [6.07, 6.45) is 3.32. The standard InChI is InChI=1S/C31H29ClF2N6O2/c1-15-13-39-21(12-35-15)31(41)40-14-22(20-7-4-10-38(20)2)42-30-29(40)28(39)18-11-36-26(25(34)27(18)37-30)17-6-3-5-16-8-9-19(33)24(32)23(16)17/h3,5-6,8-9,11,15,20-22,35H,4,7,10,12-14H2,1-2H3/t15-,20+,21-,22-/m1/s1. The summed E-state index contributed by atoms with van der Waals surface area (Å²) in [5.74, 6) is -0.985. The third kappa shape index (κ3) is 3.68. The molecule has 4 atom stereocenters. The molecule has 2 saturated heterocycles. The van der Waals surface area contributed by atoms with Crippen molar-refractivity contribution in [1.29, 1.82) is 0 Å². The zero-order chi connectivity index (χ0) is 28.9. The molecule has 8 nitrogen and oxygen atoms in total. The second-order valence-electron chi connectivity index (χ2n) is 11.8. The van der Waals surface area contributed by atoms with E-state index in [1.807, 2.05) is 0 Å². The normalized spacial score (nSPS) is 25.6. The molecule has 4 aromatic rings. The number of likely N-dealkylation sites (N-methyl/N-ethyl adjacent to an activating group) is 1. The van der Waals surface area contributed by atoms with Crippen molar-refractivity contribution in [3.05, 3.63) is 53.2 Å². The predicted molar refractivity (Wildman–Crippen MR) is 158 cm³/mol. The van der Waals surface area contributed by atoms with E-state index >= 15 is 4.39 Å². The number of piperazine rings is 1. The molecule has 42 heavy (non-hydrogen) atoms. The molecule has 0 saturated carbocycles. The van der Waals surface area contributed by atoms with Gasteiger partial charge in [0.15, 0.2) is 5.82 Å². The van der Waals surface area contributed by atoms with Crippen LogP contribution < -0.4 is 19.9 Å². The molecule has 0 radical (unpaired) electrons. The fourth-order valence-electron chi connectivity index (χ4n) is 7.27. The van der Waals surface area contributed by atoms with E-state index in [-0.39, 0.29) is 46.2 Å². The van der Waals surface area contributed by atoms with E-state index in [9.17, 15) is 9.18 Å². The van der Waals surface area contributed by atoms with Gasteiger partial charge in [0.05, 0.1) is 17.3 Å². The lowest BCUT2D eigenvalue weighted by Gasteiger charge is -2.50. The van der Waals surface area contributed by atoms with E-state index in [1.54, 1.807) is 35.4 Å². The lowest BCUT2D eigenvalue weighted by molar-refractivity contribution is -0.121. The van der Waals surface area contributed by atoms with E-state index in [0.29, 0.717) is 52.7 Å². The Labute approximate surface area is 246 Å². The summed E-state index contributed by atoms with van der Waals surface area (Å²) in [6.45, 7) is 4.47. The summed E-state index contributed by atoms with van der Waals surface area (Å²) in [5, 5.41) is 4.91. The van der Waals surface area contributed by atoms with Gasteiger partial charge in [-0.1, -0.05) is 35.9 Å². The third-order valence-corrected chi connectivity index (χ3v) is 9.69. The monoisotopic (exact) mass is 590 g/mol. The van der Waals surface area contributed by atoms with E-state index in [2.05, 4.69) is 34.1 Å². The van der Waals surface area contributed by atoms with Gasteiger partial charge in [0.25, 0.3) is 5.91 Å². The number of ether oxygens (including phenoxy) is 1. The number of nitrogens with one attached hydrogen (secondary N) is 1. The lowest BCUT2D eigenvalue weighted by atomic mass is 9.96. The average molecular weight is 591 g/mol. The number of aromatic nitrogens is 2. The van der Waals surface area contributed by atoms with Gasteiger partial charge in [-0.2, -0.15) is 0 Å². The number of nitrogens with zero attached hydrogens (tertiary/aromatic N) is 5. The van der Waals surface area contributed by atoms with Crippen molar-refractivity contribution in [3.8, 4) is 17.1 Å². The molecule has 4 aliphatic rings. The van der Waals surface area contributed by atoms with Gasteiger partial charge in [-0.25, -0.2) is 13.8 Å². The first-order chi connectivity index (χ1) is 20.3. The van der Waals surface area contributed by atoms with Crippen LogP contribution in [0.3, 0.4) is 0 Å². The van der Waals surface area contributed by atoms with Crippen LogP contribution in [0, 0.1) is 11.6 Å². The van der Waals surface area contributed by atoms with Gasteiger partial charge in [0.1, 0.15) is 34.9 Å². The van der Waals surface area contributed by atoms with E-state index < -0.39 is 17.7 Å². The molecular formula is C31H29ClF2N6O2. The molecule has 2 fully saturated rings. The van der Waals surface area contributed by atoms with Gasteiger partial charge in [-0.3, -0.25) is 14.7 Å². The van der Waals surface area contributed by atoms with E-state index in [0.717, 1.165) is 19.4 Å². The minimum absolute atomic E-state index is 0.00396. The fraction of sp³-hybridized carbons (Fsp3) is 0.387. The Morgan fingerprint density at radius 3 is 2.81 bits per heavy atom. The number of carbonyl (C=O) groups is 1. The minimum Gasteiger partial charge on any atom is -0.469 e. The largest absolute Gasteiger partial charge is 0.469 e. The molecule has 11 heteroatoms. The maximum absolute atomic E-state index is 16.7. The quantitative estimate of drug-likeness (QED) is 0.361. The number of fused-ring (bicyclic) bond motifs is 5. The van der Waals surface area contributed by atoms with Crippen LogP contribution in [-0.4, -0.2) is 78.2 Å². The number of carbonyl (C=O) groups excluding carboxylic acids is 1. The van der Waals surface area contributed by atoms with Crippen LogP contribution in [-0.2, 0) is 4.79 Å². The molecule has 0 unspecified atom stereocenters. The molecule has 4 aliphatic heterocycles. The SMILES string of the molecule is C[C@@H]1CN2c3c4c(nc5c(F)c(-c6cccc7ccc(F)c(Cl)c67)ncc35)O[C@@H]([C@@H]3CCCN3C)CN4C(=O)[C@H]2CN1. The van der Waals surface area contributed by atoms with E-state index in [4.69, 9.17) is 21.3 Å². The van der Waals surface area contributed by atoms with Crippen molar-refractivity contribution in [1.82, 2.24) is 20.2 Å². The van der Waals surface area contributed by atoms with Crippen LogP contribution in [0.1, 0.15) is 19.8 Å². The number of amides is 1. The molecule has 1 amide bonds. The summed E-state index contributed by atoms with van der Waals surface area (Å²) in [5.41, 5.74) is 1.79. The van der Waals surface area contributed by atoms with Crippen molar-refractivity contribution in [2.24, 2.45) is 0 Å². The van der Waals surface area contributed by atoms with Gasteiger partial charge in [-0.15, -0.1) is 0 Å². The summed E-state index contributed by atoms with van der Waals surface area (Å²) in [4.78, 5) is 29.4. The van der Waals surface area contributed by atoms with Crippen LogP contribution in [0.5, 0.6) is 5.88 Å². The first kappa shape index (κ1) is 26.1. The highest BCUT2D eigenvalue weighted by Crippen LogP contribution is 2.50. The molecule has 0 spiro atoms. The maximum Gasteiger partial charge on any atom is 0.251 e. The Bertz CT molecular complexity index is 1800. The second-order valence-corrected chi connectivity index (χ2v) is 12.2. The highest BCUT2D eigenvalue weighted by atomic mass is 35.5. The molecule has 1 N–H and O–H groups in total. The number of rotatable bonds is 2. The van der Waals surface area contributed by atoms with Crippen molar-refractivity contribution < 1.29 is 18.3 Å². The molecule has 0 bridgehead atoms. The number of halogens is 3. The highest BCUT2D eigenvalue weighted by Gasteiger charge is 2.48. The van der Waals surface area contributed by atoms with Crippen LogP contribution in [0.15, 0.2) is 36.5 Å². The summed E-state index contributed by atoms with van der Waals surface area (Å²) in [6, 6.07) is 7.97. The smallest absolute Gasteiger partial charge is 0.251 e. The van der Waals surface area contributed by atoms with Gasteiger partial charge >= 0.3 is 0 Å². The Hall–Kier alpha value is -3.60. The average Bonchev–Trinajstić information content (AvgIpc) is 3.42. The number of hydrogen-bond acceptors (Lipinski definition) is 7. The van der Waals surface area contributed by atoms with Gasteiger partial charge in [0.2, 0.25) is 5.88 Å². The van der Waals surface area contributed by atoms with Crippen LogP contribution >= 0.6 is 11.6 Å². The number of likely N-dealkylation sites (tertiary alicyclic amines) is 1. The van der Waals surface area contributed by atoms with Crippen LogP contribution in [0.2, 0.25) is 5.02 Å². The fourth-order valence-corrected chi connectivity index (χ4v) is 7.54. The zero-order valence-electron chi connectivity index (χ0n) is 23.2. The minimum atomic E-state index is -0.647. The molecule has 2 aromatic carbocycles. The second kappa shape index (κ2) is 9.45. The molecule has 0 aliphatic carbocycles. The Balaban J connectivity index is 1.37. The topological polar surface area (TPSA) is 73.8 Å². The Morgan fingerprint density at radius 2 is 2.00 bits per heavy atom. The van der Waals surface area contributed by atoms with Gasteiger partial charge in [-0.05, 0) is 44.8 Å². The lowest BCUT2D eigenvalue weighted by Crippen LogP contribution is -2.66. The molecule has 216 valence electrons. The molecule has 8 rings (SSSR count). The van der Waals surface area contributed by atoms with Crippen molar-refractivity contribution in [3.63, 3.8) is 0 Å². The van der Waals surface area contributed by atoms with Gasteiger partial charge in [0, 0.05) is 47.7 Å². The summed E-state index contributed by atoms with van der Waals surface area (Å²) >= 11 is 6.40. The van der Waals surface area contributed by atoms with Crippen molar-refractivity contribution in [2.45, 2.75) is 44.0 Å². The molecule has 6 heterocycles.